The molecular weight excluding hydrogens is 295 g/mol. The van der Waals surface area contributed by atoms with Crippen LogP contribution in [0, 0.1) is 0 Å². The Bertz CT molecular complexity index is 668. The standard InChI is InChI=1S/C15H12Cl2N2O/c1-10(11-6-2-4-8-13(11)16)18-19-15(20)12-7-3-5-9-14(12)17/h2-9H,1H3,(H,19,20)/b18-10-. The van der Waals surface area contributed by atoms with Gasteiger partial charge in [-0.05, 0) is 25.1 Å². The van der Waals surface area contributed by atoms with Crippen LogP contribution >= 0.6 is 23.2 Å². The molecule has 0 saturated heterocycles. The van der Waals surface area contributed by atoms with Crippen molar-refractivity contribution in [1.82, 2.24) is 5.43 Å². The van der Waals surface area contributed by atoms with E-state index in [9.17, 15) is 4.79 Å². The summed E-state index contributed by atoms with van der Waals surface area (Å²) in [5.41, 5.74) is 4.24. The lowest BCUT2D eigenvalue weighted by Crippen LogP contribution is -2.19. The molecule has 0 heterocycles. The van der Waals surface area contributed by atoms with Gasteiger partial charge in [0, 0.05) is 10.6 Å². The number of nitrogens with zero attached hydrogens (tertiary/aromatic N) is 1. The van der Waals surface area contributed by atoms with Crippen LogP contribution in [-0.2, 0) is 0 Å². The summed E-state index contributed by atoms with van der Waals surface area (Å²) in [4.78, 5) is 12.0. The Kier molecular flexibility index (Phi) is 4.77. The third-order valence-electron chi connectivity index (χ3n) is 2.71. The number of nitrogens with one attached hydrogen (secondary N) is 1. The van der Waals surface area contributed by atoms with Crippen molar-refractivity contribution >= 4 is 34.8 Å². The number of carbonyl (C=O) groups is 1. The molecule has 2 aromatic rings. The molecule has 102 valence electrons. The van der Waals surface area contributed by atoms with Crippen molar-refractivity contribution in [3.63, 3.8) is 0 Å². The van der Waals surface area contributed by atoms with Gasteiger partial charge in [-0.15, -0.1) is 0 Å². The Morgan fingerprint density at radius 2 is 1.45 bits per heavy atom. The van der Waals surface area contributed by atoms with Crippen LogP contribution in [0.25, 0.3) is 0 Å². The van der Waals surface area contributed by atoms with Crippen molar-refractivity contribution in [1.29, 1.82) is 0 Å². The number of hydrogen-bond donors (Lipinski definition) is 1. The first kappa shape index (κ1) is 14.6. The molecule has 0 fully saturated rings. The normalized spacial score (nSPS) is 11.2. The average Bonchev–Trinajstić information content (AvgIpc) is 2.45. The van der Waals surface area contributed by atoms with E-state index >= 15 is 0 Å². The summed E-state index contributed by atoms with van der Waals surface area (Å²) in [6, 6.07) is 14.1. The smallest absolute Gasteiger partial charge is 0.267 e. The Labute approximate surface area is 127 Å². The van der Waals surface area contributed by atoms with Gasteiger partial charge in [-0.2, -0.15) is 5.10 Å². The van der Waals surface area contributed by atoms with Crippen LogP contribution in [0.15, 0.2) is 53.6 Å². The van der Waals surface area contributed by atoms with E-state index in [-0.39, 0.29) is 5.91 Å². The predicted molar refractivity (Wildman–Crippen MR) is 82.6 cm³/mol. The maximum Gasteiger partial charge on any atom is 0.272 e. The number of hydrazone groups is 1. The molecule has 2 aromatic carbocycles. The lowest BCUT2D eigenvalue weighted by atomic mass is 10.1. The Hall–Kier alpha value is -1.84. The van der Waals surface area contributed by atoms with E-state index in [1.165, 1.54) is 0 Å². The van der Waals surface area contributed by atoms with Crippen LogP contribution < -0.4 is 5.43 Å². The van der Waals surface area contributed by atoms with Crippen LogP contribution in [-0.4, -0.2) is 11.6 Å². The molecule has 0 bridgehead atoms. The maximum absolute atomic E-state index is 12.0. The minimum absolute atomic E-state index is 0.359. The Balaban J connectivity index is 2.16. The number of benzene rings is 2. The van der Waals surface area contributed by atoms with Crippen molar-refractivity contribution in [2.24, 2.45) is 5.10 Å². The summed E-state index contributed by atoms with van der Waals surface area (Å²) < 4.78 is 0. The minimum Gasteiger partial charge on any atom is -0.267 e. The zero-order valence-corrected chi connectivity index (χ0v) is 12.2. The fraction of sp³-hybridized carbons (Fsp3) is 0.0667. The van der Waals surface area contributed by atoms with Crippen molar-refractivity contribution in [2.45, 2.75) is 6.92 Å². The summed E-state index contributed by atoms with van der Waals surface area (Å²) in [5, 5.41) is 5.02. The summed E-state index contributed by atoms with van der Waals surface area (Å²) in [6.45, 7) is 1.77. The molecule has 3 nitrogen and oxygen atoms in total. The van der Waals surface area contributed by atoms with Gasteiger partial charge in [0.2, 0.25) is 0 Å². The molecule has 2 rings (SSSR count). The number of amides is 1. The van der Waals surface area contributed by atoms with Gasteiger partial charge in [0.15, 0.2) is 0 Å². The zero-order valence-electron chi connectivity index (χ0n) is 10.7. The monoisotopic (exact) mass is 306 g/mol. The van der Waals surface area contributed by atoms with Crippen molar-refractivity contribution in [3.8, 4) is 0 Å². The molecule has 0 unspecified atom stereocenters. The van der Waals surface area contributed by atoms with Crippen molar-refractivity contribution in [2.75, 3.05) is 0 Å². The van der Waals surface area contributed by atoms with Gasteiger partial charge in [-0.25, -0.2) is 5.43 Å². The molecule has 20 heavy (non-hydrogen) atoms. The topological polar surface area (TPSA) is 41.5 Å². The molecule has 0 radical (unpaired) electrons. The molecule has 0 aliphatic carbocycles. The molecule has 1 amide bonds. The van der Waals surface area contributed by atoms with E-state index in [0.29, 0.717) is 21.3 Å². The first-order chi connectivity index (χ1) is 9.59. The second-order valence-corrected chi connectivity index (χ2v) is 4.91. The molecule has 0 atom stereocenters. The highest BCUT2D eigenvalue weighted by Gasteiger charge is 2.09. The van der Waals surface area contributed by atoms with Crippen molar-refractivity contribution in [3.05, 3.63) is 69.7 Å². The van der Waals surface area contributed by atoms with E-state index in [2.05, 4.69) is 10.5 Å². The van der Waals surface area contributed by atoms with E-state index in [1.807, 2.05) is 18.2 Å². The number of halogens is 2. The number of carbonyl (C=O) groups excluding carboxylic acids is 1. The summed E-state index contributed by atoms with van der Waals surface area (Å²) in [6.07, 6.45) is 0. The van der Waals surface area contributed by atoms with Gasteiger partial charge in [-0.3, -0.25) is 4.79 Å². The highest BCUT2D eigenvalue weighted by Crippen LogP contribution is 2.16. The maximum atomic E-state index is 12.0. The molecular formula is C15H12Cl2N2O. The van der Waals surface area contributed by atoms with Gasteiger partial charge < -0.3 is 0 Å². The van der Waals surface area contributed by atoms with E-state index in [4.69, 9.17) is 23.2 Å². The second-order valence-electron chi connectivity index (χ2n) is 4.10. The van der Waals surface area contributed by atoms with Crippen LogP contribution in [0.1, 0.15) is 22.8 Å². The fourth-order valence-electron chi connectivity index (χ4n) is 1.66. The lowest BCUT2D eigenvalue weighted by Gasteiger charge is -2.05. The highest BCUT2D eigenvalue weighted by atomic mass is 35.5. The number of hydrogen-bond acceptors (Lipinski definition) is 2. The van der Waals surface area contributed by atoms with Crippen LogP contribution in [0.5, 0.6) is 0 Å². The van der Waals surface area contributed by atoms with Crippen LogP contribution in [0.3, 0.4) is 0 Å². The average molecular weight is 307 g/mol. The molecule has 0 aromatic heterocycles. The first-order valence-corrected chi connectivity index (χ1v) is 6.69. The van der Waals surface area contributed by atoms with Gasteiger partial charge in [0.1, 0.15) is 0 Å². The second kappa shape index (κ2) is 6.55. The van der Waals surface area contributed by atoms with Gasteiger partial charge >= 0.3 is 0 Å². The van der Waals surface area contributed by atoms with Gasteiger partial charge in [0.05, 0.1) is 16.3 Å². The third-order valence-corrected chi connectivity index (χ3v) is 3.37. The minimum atomic E-state index is -0.359. The third kappa shape index (κ3) is 3.38. The zero-order chi connectivity index (χ0) is 14.5. The molecule has 0 spiro atoms. The van der Waals surface area contributed by atoms with Crippen LogP contribution in [0.4, 0.5) is 0 Å². The SMILES string of the molecule is C/C(=N/NC(=O)c1ccccc1Cl)c1ccccc1Cl. The van der Waals surface area contributed by atoms with E-state index < -0.39 is 0 Å². The van der Waals surface area contributed by atoms with Crippen LogP contribution in [0.2, 0.25) is 10.0 Å². The highest BCUT2D eigenvalue weighted by molar-refractivity contribution is 6.34. The molecule has 1 N–H and O–H groups in total. The Morgan fingerprint density at radius 3 is 2.00 bits per heavy atom. The Morgan fingerprint density at radius 1 is 0.950 bits per heavy atom. The van der Waals surface area contributed by atoms with E-state index in [1.54, 1.807) is 37.3 Å². The summed E-state index contributed by atoms with van der Waals surface area (Å²) >= 11 is 12.0. The summed E-state index contributed by atoms with van der Waals surface area (Å²) in [5.74, 6) is -0.359. The molecule has 0 aliphatic rings. The predicted octanol–water partition coefficient (Wildman–Crippen LogP) is 4.15. The number of rotatable bonds is 3. The van der Waals surface area contributed by atoms with Gasteiger partial charge in [0.25, 0.3) is 5.91 Å². The summed E-state index contributed by atoms with van der Waals surface area (Å²) in [7, 11) is 0. The lowest BCUT2D eigenvalue weighted by molar-refractivity contribution is 0.0955. The molecule has 5 heteroatoms. The molecule has 0 aliphatic heterocycles. The largest absolute Gasteiger partial charge is 0.272 e. The fourth-order valence-corrected chi connectivity index (χ4v) is 2.15. The van der Waals surface area contributed by atoms with Gasteiger partial charge in [-0.1, -0.05) is 53.5 Å². The van der Waals surface area contributed by atoms with E-state index in [0.717, 1.165) is 5.56 Å². The first-order valence-electron chi connectivity index (χ1n) is 5.93. The van der Waals surface area contributed by atoms with Crippen molar-refractivity contribution < 1.29 is 4.79 Å². The molecule has 0 saturated carbocycles. The quantitative estimate of drug-likeness (QED) is 0.672.